The van der Waals surface area contributed by atoms with Crippen LogP contribution in [0.2, 0.25) is 0 Å². The molecule has 0 atom stereocenters. The van der Waals surface area contributed by atoms with Gasteiger partial charge >= 0.3 is 6.09 Å². The molecule has 1 aliphatic rings. The highest BCUT2D eigenvalue weighted by molar-refractivity contribution is 7.89. The quantitative estimate of drug-likeness (QED) is 0.402. The van der Waals surface area contributed by atoms with Crippen LogP contribution in [0.25, 0.3) is 0 Å². The first-order chi connectivity index (χ1) is 15.0. The lowest BCUT2D eigenvalue weighted by Gasteiger charge is -2.35. The van der Waals surface area contributed by atoms with Gasteiger partial charge in [0, 0.05) is 18.7 Å². The second kappa shape index (κ2) is 11.0. The third-order valence-electron chi connectivity index (χ3n) is 5.24. The van der Waals surface area contributed by atoms with Gasteiger partial charge in [0.25, 0.3) is 5.91 Å². The number of rotatable bonds is 8. The number of carbonyl (C=O) groups is 2. The van der Waals surface area contributed by atoms with E-state index in [-0.39, 0.29) is 23.5 Å². The molecule has 1 saturated carbocycles. The molecule has 8 nitrogen and oxygen atoms in total. The molecule has 32 heavy (non-hydrogen) atoms. The van der Waals surface area contributed by atoms with E-state index in [2.05, 4.69) is 21.9 Å². The highest BCUT2D eigenvalue weighted by Gasteiger charge is 2.34. The molecule has 0 spiro atoms. The second-order valence-electron chi connectivity index (χ2n) is 9.17. The first kappa shape index (κ1) is 25.9. The lowest BCUT2D eigenvalue weighted by atomic mass is 9.90. The van der Waals surface area contributed by atoms with Gasteiger partial charge in [0.1, 0.15) is 5.60 Å². The number of nitrogens with one attached hydrogen (secondary N) is 3. The molecule has 0 heterocycles. The van der Waals surface area contributed by atoms with E-state index < -0.39 is 33.2 Å². The summed E-state index contributed by atoms with van der Waals surface area (Å²) >= 11 is 0. The van der Waals surface area contributed by atoms with Crippen LogP contribution in [0.15, 0.2) is 41.8 Å². The highest BCUT2D eigenvalue weighted by Crippen LogP contribution is 2.27. The fraction of sp³-hybridized carbons (Fsp3) is 0.565. The summed E-state index contributed by atoms with van der Waals surface area (Å²) in [5.41, 5.74) is -0.998. The zero-order chi connectivity index (χ0) is 23.8. The maximum absolute atomic E-state index is 12.8. The van der Waals surface area contributed by atoms with Crippen molar-refractivity contribution >= 4 is 22.0 Å². The van der Waals surface area contributed by atoms with Crippen molar-refractivity contribution in [3.8, 4) is 0 Å². The van der Waals surface area contributed by atoms with Crippen LogP contribution in [0.1, 0.15) is 69.7 Å². The van der Waals surface area contributed by atoms with Crippen LogP contribution in [0.4, 0.5) is 4.79 Å². The molecule has 0 radical (unpaired) electrons. The Bertz CT molecular complexity index is 914. The third kappa shape index (κ3) is 7.94. The molecule has 3 N–H and O–H groups in total. The minimum atomic E-state index is -3.74. The first-order valence-corrected chi connectivity index (χ1v) is 12.4. The van der Waals surface area contributed by atoms with Gasteiger partial charge in [-0.15, -0.1) is 6.58 Å². The molecule has 0 unspecified atom stereocenters. The Balaban J connectivity index is 2.13. The Morgan fingerprint density at radius 2 is 1.81 bits per heavy atom. The van der Waals surface area contributed by atoms with Crippen LogP contribution < -0.4 is 15.4 Å². The molecule has 0 saturated heterocycles. The Morgan fingerprint density at radius 1 is 1.16 bits per heavy atom. The van der Waals surface area contributed by atoms with Gasteiger partial charge in [-0.2, -0.15) is 0 Å². The van der Waals surface area contributed by atoms with Crippen molar-refractivity contribution in [1.82, 2.24) is 15.4 Å². The topological polar surface area (TPSA) is 114 Å². The summed E-state index contributed by atoms with van der Waals surface area (Å²) in [4.78, 5) is 25.3. The van der Waals surface area contributed by atoms with Crippen molar-refractivity contribution in [2.75, 3.05) is 13.1 Å². The smallest absolute Gasteiger partial charge is 0.408 e. The van der Waals surface area contributed by atoms with E-state index in [0.717, 1.165) is 38.5 Å². The number of amides is 2. The standard InChI is InChI=1S/C23H35N3O5S/c1-5-15-25-32(29,30)19-12-10-11-18(16-19)20(27)24-17-23(13-8-6-7-9-14-23)26-21(28)31-22(2,3)4/h5,10-12,16,25H,1,6-9,13-15,17H2,2-4H3,(H,24,27)(H,26,28). The van der Waals surface area contributed by atoms with E-state index in [1.54, 1.807) is 26.8 Å². The zero-order valence-corrected chi connectivity index (χ0v) is 20.0. The highest BCUT2D eigenvalue weighted by atomic mass is 32.2. The third-order valence-corrected chi connectivity index (χ3v) is 6.66. The number of alkyl carbamates (subject to hydrolysis) is 1. The van der Waals surface area contributed by atoms with E-state index in [1.165, 1.54) is 24.3 Å². The van der Waals surface area contributed by atoms with Gasteiger partial charge in [0.05, 0.1) is 10.4 Å². The summed E-state index contributed by atoms with van der Waals surface area (Å²) in [5, 5.41) is 5.89. The maximum atomic E-state index is 12.8. The van der Waals surface area contributed by atoms with Crippen molar-refractivity contribution in [2.45, 2.75) is 75.3 Å². The SMILES string of the molecule is C=CCNS(=O)(=O)c1cccc(C(=O)NCC2(NC(=O)OC(C)(C)C)CCCCCC2)c1. The summed E-state index contributed by atoms with van der Waals surface area (Å²) in [7, 11) is -3.74. The Kier molecular flexibility index (Phi) is 8.86. The largest absolute Gasteiger partial charge is 0.444 e. The molecule has 178 valence electrons. The fourth-order valence-electron chi connectivity index (χ4n) is 3.68. The second-order valence-corrected chi connectivity index (χ2v) is 10.9. The first-order valence-electron chi connectivity index (χ1n) is 11.0. The Hall–Kier alpha value is -2.39. The summed E-state index contributed by atoms with van der Waals surface area (Å²) in [6.45, 7) is 9.24. The molecule has 0 bridgehead atoms. The number of sulfonamides is 1. The Morgan fingerprint density at radius 3 is 2.41 bits per heavy atom. The van der Waals surface area contributed by atoms with Crippen molar-refractivity contribution < 1.29 is 22.7 Å². The van der Waals surface area contributed by atoms with Crippen molar-refractivity contribution in [1.29, 1.82) is 0 Å². The van der Waals surface area contributed by atoms with Gasteiger partial charge in [-0.25, -0.2) is 17.9 Å². The van der Waals surface area contributed by atoms with E-state index in [4.69, 9.17) is 4.74 Å². The summed E-state index contributed by atoms with van der Waals surface area (Å²) < 4.78 is 32.5. The monoisotopic (exact) mass is 465 g/mol. The minimum Gasteiger partial charge on any atom is -0.444 e. The number of hydrogen-bond acceptors (Lipinski definition) is 5. The van der Waals surface area contributed by atoms with Crippen LogP contribution in [0, 0.1) is 0 Å². The molecule has 1 aromatic rings. The summed E-state index contributed by atoms with van der Waals surface area (Å²) in [6, 6.07) is 5.85. The van der Waals surface area contributed by atoms with E-state index in [0.29, 0.717) is 0 Å². The predicted octanol–water partition coefficient (Wildman–Crippen LogP) is 3.50. The maximum Gasteiger partial charge on any atom is 0.408 e. The van der Waals surface area contributed by atoms with Crippen LogP contribution in [0.5, 0.6) is 0 Å². The van der Waals surface area contributed by atoms with Gasteiger partial charge in [0.15, 0.2) is 0 Å². The summed E-state index contributed by atoms with van der Waals surface area (Å²) in [6.07, 6.45) is 6.42. The molecule has 0 aromatic heterocycles. The zero-order valence-electron chi connectivity index (χ0n) is 19.2. The molecular weight excluding hydrogens is 430 g/mol. The lowest BCUT2D eigenvalue weighted by molar-refractivity contribution is 0.0437. The average molecular weight is 466 g/mol. The van der Waals surface area contributed by atoms with Gasteiger partial charge < -0.3 is 15.4 Å². The molecule has 2 rings (SSSR count). The molecule has 1 aliphatic carbocycles. The molecule has 1 fully saturated rings. The van der Waals surface area contributed by atoms with E-state index >= 15 is 0 Å². The van der Waals surface area contributed by atoms with E-state index in [9.17, 15) is 18.0 Å². The molecule has 2 amide bonds. The van der Waals surface area contributed by atoms with Crippen molar-refractivity contribution in [2.24, 2.45) is 0 Å². The van der Waals surface area contributed by atoms with Gasteiger partial charge in [0.2, 0.25) is 10.0 Å². The van der Waals surface area contributed by atoms with Gasteiger partial charge in [-0.1, -0.05) is 37.8 Å². The van der Waals surface area contributed by atoms with Crippen LogP contribution in [-0.4, -0.2) is 44.6 Å². The Labute approximate surface area is 191 Å². The number of carbonyl (C=O) groups excluding carboxylic acids is 2. The predicted molar refractivity (Wildman–Crippen MR) is 124 cm³/mol. The molecular formula is C23H35N3O5S. The van der Waals surface area contributed by atoms with Gasteiger partial charge in [-0.3, -0.25) is 4.79 Å². The van der Waals surface area contributed by atoms with Crippen molar-refractivity contribution in [3.05, 3.63) is 42.5 Å². The fourth-order valence-corrected chi connectivity index (χ4v) is 4.72. The molecule has 0 aliphatic heterocycles. The number of benzene rings is 1. The van der Waals surface area contributed by atoms with E-state index in [1.807, 2.05) is 0 Å². The molecule has 9 heteroatoms. The van der Waals surface area contributed by atoms with Crippen LogP contribution >= 0.6 is 0 Å². The van der Waals surface area contributed by atoms with Crippen molar-refractivity contribution in [3.63, 3.8) is 0 Å². The number of hydrogen-bond donors (Lipinski definition) is 3. The average Bonchev–Trinajstić information content (AvgIpc) is 2.95. The summed E-state index contributed by atoms with van der Waals surface area (Å²) in [5.74, 6) is -0.402. The lowest BCUT2D eigenvalue weighted by Crippen LogP contribution is -2.56. The van der Waals surface area contributed by atoms with Crippen LogP contribution in [0.3, 0.4) is 0 Å². The minimum absolute atomic E-state index is 0.00283. The normalized spacial score (nSPS) is 16.5. The van der Waals surface area contributed by atoms with Gasteiger partial charge in [-0.05, 0) is 51.8 Å². The molecule has 1 aromatic carbocycles. The van der Waals surface area contributed by atoms with Crippen LogP contribution in [-0.2, 0) is 14.8 Å². The number of ether oxygens (including phenoxy) is 1.